The molecule has 1 saturated heterocycles. The van der Waals surface area contributed by atoms with E-state index in [1.54, 1.807) is 29.3 Å². The van der Waals surface area contributed by atoms with Gasteiger partial charge in [-0.3, -0.25) is 14.4 Å². The van der Waals surface area contributed by atoms with Gasteiger partial charge in [0.15, 0.2) is 0 Å². The van der Waals surface area contributed by atoms with Gasteiger partial charge in [0.25, 0.3) is 5.91 Å². The first-order valence-electron chi connectivity index (χ1n) is 19.9. The Morgan fingerprint density at radius 1 is 1.05 bits per heavy atom. The van der Waals surface area contributed by atoms with Crippen molar-refractivity contribution >= 4 is 46.8 Å². The summed E-state index contributed by atoms with van der Waals surface area (Å²) in [7, 11) is 1.24. The number of anilines is 1. The molecule has 318 valence electrons. The van der Waals surface area contributed by atoms with Crippen molar-refractivity contribution in [2.24, 2.45) is 23.2 Å². The summed E-state index contributed by atoms with van der Waals surface area (Å²) < 4.78 is 48.6. The van der Waals surface area contributed by atoms with E-state index in [9.17, 15) is 32.3 Å². The number of allylic oxidation sites excluding steroid dienone is 8. The fourth-order valence-corrected chi connectivity index (χ4v) is 8.07. The second-order valence-corrected chi connectivity index (χ2v) is 17.2. The van der Waals surface area contributed by atoms with Gasteiger partial charge < -0.3 is 35.9 Å². The van der Waals surface area contributed by atoms with Crippen LogP contribution in [0.2, 0.25) is 0 Å². The number of carbonyl (C=O) groups excluding carboxylic acids is 4. The monoisotopic (exact) mass is 840 g/mol. The summed E-state index contributed by atoms with van der Waals surface area (Å²) in [4.78, 5) is 64.9. The molecule has 6 rings (SSSR count). The summed E-state index contributed by atoms with van der Waals surface area (Å²) in [6.45, 7) is 10.6. The molecular weight excluding hydrogens is 789 g/mol. The maximum absolute atomic E-state index is 14.6. The number of alkyl carbamates (subject to hydrolysis) is 1. The van der Waals surface area contributed by atoms with Crippen molar-refractivity contribution in [1.82, 2.24) is 35.8 Å². The molecular formula is C42H52ClF3N8O5. The van der Waals surface area contributed by atoms with Crippen LogP contribution >= 0.6 is 11.6 Å². The number of imidazole rings is 1. The Morgan fingerprint density at radius 2 is 1.76 bits per heavy atom. The second kappa shape index (κ2) is 17.6. The molecule has 59 heavy (non-hydrogen) atoms. The molecule has 5 atom stereocenters. The minimum absolute atomic E-state index is 0.0109. The second-order valence-electron chi connectivity index (χ2n) is 16.8. The van der Waals surface area contributed by atoms with Crippen LogP contribution in [0.15, 0.2) is 64.6 Å². The number of carbonyl (C=O) groups is 4. The average Bonchev–Trinajstić information content (AvgIpc) is 3.53. The Morgan fingerprint density at radius 3 is 2.37 bits per heavy atom. The molecule has 1 aliphatic heterocycles. The molecule has 3 aliphatic carbocycles. The third kappa shape index (κ3) is 10.2. The molecule has 17 heteroatoms. The van der Waals surface area contributed by atoms with Crippen molar-refractivity contribution in [1.29, 1.82) is 0 Å². The van der Waals surface area contributed by atoms with Gasteiger partial charge in [0.05, 0.1) is 41.6 Å². The van der Waals surface area contributed by atoms with E-state index < -0.39 is 36.6 Å². The number of alkyl halides is 3. The first-order valence-corrected chi connectivity index (χ1v) is 20.3. The number of amides is 4. The minimum Gasteiger partial charge on any atom is -0.453 e. The highest BCUT2D eigenvalue weighted by molar-refractivity contribution is 6.32. The van der Waals surface area contributed by atoms with Gasteiger partial charge in [0.2, 0.25) is 11.8 Å². The highest BCUT2D eigenvalue weighted by atomic mass is 35.5. The molecule has 2 aromatic rings. The van der Waals surface area contributed by atoms with Gasteiger partial charge in [-0.1, -0.05) is 51.4 Å². The number of likely N-dealkylation sites (tertiary alicyclic amines) is 1. The van der Waals surface area contributed by atoms with Crippen LogP contribution in [0.25, 0.3) is 5.57 Å². The Labute approximate surface area is 346 Å². The third-order valence-corrected chi connectivity index (χ3v) is 11.9. The van der Waals surface area contributed by atoms with Crippen LogP contribution in [-0.2, 0) is 14.3 Å². The molecule has 0 aromatic carbocycles. The third-order valence-electron chi connectivity index (χ3n) is 11.6. The molecule has 4 amide bonds. The van der Waals surface area contributed by atoms with Gasteiger partial charge in [-0.2, -0.15) is 13.2 Å². The SMILES string of the molecule is COC(=O)NC(C(=O)N1CCCC1c1ncc(C2=CC=C(C3=CC(Cl)=C(NC(=O)c4ccc(NCC(C)NC(=O)C5CC5(C)C)nc4)CC3C(F)(F)F)CC2)[nH]1)C(C)C. The van der Waals surface area contributed by atoms with E-state index in [1.807, 2.05) is 20.8 Å². The Bertz CT molecular complexity index is 2070. The first kappa shape index (κ1) is 43.5. The zero-order valence-electron chi connectivity index (χ0n) is 34.1. The van der Waals surface area contributed by atoms with E-state index in [0.29, 0.717) is 55.3 Å². The lowest BCUT2D eigenvalue weighted by molar-refractivity contribution is -0.163. The van der Waals surface area contributed by atoms with Crippen LogP contribution in [0.3, 0.4) is 0 Å². The zero-order valence-corrected chi connectivity index (χ0v) is 34.8. The minimum atomic E-state index is -4.62. The standard InChI is InChI=1S/C42H52ClF3N8O5/c1-22(2)35(53-40(58)59-6)39(57)54-15-7-8-33(54)36-49-21-32(51-36)25-11-9-24(10-12-25)27-16-30(43)31(17-28(27)42(44,45)46)52-37(55)26-13-14-34(48-20-26)47-19-23(3)50-38(56)29-18-41(29,4)5/h9,11,13-14,16,20-23,28-29,33,35H,7-8,10,12,15,17-19H2,1-6H3,(H,47,48)(H,49,51)(H,50,56)(H,52,55)(H,53,58). The predicted molar refractivity (Wildman–Crippen MR) is 217 cm³/mol. The number of pyridine rings is 1. The van der Waals surface area contributed by atoms with Crippen LogP contribution in [0.1, 0.15) is 101 Å². The Kier molecular flexibility index (Phi) is 13.0. The van der Waals surface area contributed by atoms with E-state index in [4.69, 9.17) is 16.3 Å². The first-order chi connectivity index (χ1) is 27.9. The van der Waals surface area contributed by atoms with Crippen molar-refractivity contribution in [3.05, 3.63) is 81.7 Å². The molecule has 1 saturated carbocycles. The molecule has 4 aliphatic rings. The number of hydrogen-bond acceptors (Lipinski definition) is 8. The maximum atomic E-state index is 14.6. The van der Waals surface area contributed by atoms with E-state index in [-0.39, 0.29) is 63.0 Å². The number of aromatic amines is 1. The van der Waals surface area contributed by atoms with Crippen molar-refractivity contribution in [3.8, 4) is 0 Å². The fraction of sp³-hybridized carbons (Fsp3) is 0.524. The molecule has 2 fully saturated rings. The summed E-state index contributed by atoms with van der Waals surface area (Å²) >= 11 is 6.56. The smallest absolute Gasteiger partial charge is 0.407 e. The number of hydrogen-bond donors (Lipinski definition) is 5. The lowest BCUT2D eigenvalue weighted by Crippen LogP contribution is -2.51. The molecule has 5 N–H and O–H groups in total. The van der Waals surface area contributed by atoms with Crippen LogP contribution in [-0.4, -0.2) is 82.1 Å². The number of halogens is 4. The largest absolute Gasteiger partial charge is 0.453 e. The number of rotatable bonds is 13. The highest BCUT2D eigenvalue weighted by Gasteiger charge is 2.50. The van der Waals surface area contributed by atoms with Crippen molar-refractivity contribution < 1.29 is 37.1 Å². The zero-order chi connectivity index (χ0) is 42.8. The topological polar surface area (TPSA) is 170 Å². The predicted octanol–water partition coefficient (Wildman–Crippen LogP) is 7.30. The summed E-state index contributed by atoms with van der Waals surface area (Å²) in [5.74, 6) is -1.85. The van der Waals surface area contributed by atoms with Crippen LogP contribution in [0, 0.1) is 23.2 Å². The molecule has 3 heterocycles. The number of methoxy groups -OCH3 is 1. The van der Waals surface area contributed by atoms with Crippen LogP contribution < -0.4 is 21.3 Å². The normalized spacial score (nSPS) is 22.5. The van der Waals surface area contributed by atoms with E-state index in [0.717, 1.165) is 18.4 Å². The quantitative estimate of drug-likeness (QED) is 0.140. The van der Waals surface area contributed by atoms with Gasteiger partial charge in [0.1, 0.15) is 17.7 Å². The number of ether oxygens (including phenoxy) is 1. The highest BCUT2D eigenvalue weighted by Crippen LogP contribution is 2.51. The molecule has 13 nitrogen and oxygen atoms in total. The molecule has 0 spiro atoms. The van der Waals surface area contributed by atoms with Gasteiger partial charge in [0, 0.05) is 43.4 Å². The van der Waals surface area contributed by atoms with E-state index in [1.165, 1.54) is 25.4 Å². The van der Waals surface area contributed by atoms with Crippen LogP contribution in [0.4, 0.5) is 23.8 Å². The van der Waals surface area contributed by atoms with Gasteiger partial charge >= 0.3 is 12.3 Å². The van der Waals surface area contributed by atoms with Gasteiger partial charge in [-0.25, -0.2) is 14.8 Å². The number of aromatic nitrogens is 3. The van der Waals surface area contributed by atoms with Crippen molar-refractivity contribution in [3.63, 3.8) is 0 Å². The molecule has 0 radical (unpaired) electrons. The fourth-order valence-electron chi connectivity index (χ4n) is 7.83. The maximum Gasteiger partial charge on any atom is 0.407 e. The molecule has 5 unspecified atom stereocenters. The Hall–Kier alpha value is -5.12. The lowest BCUT2D eigenvalue weighted by atomic mass is 9.80. The number of H-pyrrole nitrogens is 1. The van der Waals surface area contributed by atoms with E-state index in [2.05, 4.69) is 50.1 Å². The summed E-state index contributed by atoms with van der Waals surface area (Å²) in [6.07, 6.45) is 4.89. The summed E-state index contributed by atoms with van der Waals surface area (Å²) in [5.41, 5.74) is 2.21. The molecule has 2 aromatic heterocycles. The molecule has 0 bridgehead atoms. The number of nitrogens with zero attached hydrogens (tertiary/aromatic N) is 3. The van der Waals surface area contributed by atoms with Crippen molar-refractivity contribution in [2.75, 3.05) is 25.5 Å². The average molecular weight is 841 g/mol. The van der Waals surface area contributed by atoms with Gasteiger partial charge in [-0.15, -0.1) is 0 Å². The summed E-state index contributed by atoms with van der Waals surface area (Å²) in [5, 5.41) is 11.3. The van der Waals surface area contributed by atoms with Crippen molar-refractivity contribution in [2.45, 2.75) is 97.4 Å². The number of nitrogens with one attached hydrogen (secondary N) is 5. The van der Waals surface area contributed by atoms with Crippen LogP contribution in [0.5, 0.6) is 0 Å². The Balaban J connectivity index is 1.10. The van der Waals surface area contributed by atoms with E-state index >= 15 is 0 Å². The lowest BCUT2D eigenvalue weighted by Gasteiger charge is -2.31. The summed E-state index contributed by atoms with van der Waals surface area (Å²) in [6, 6.07) is 1.83. The van der Waals surface area contributed by atoms with Gasteiger partial charge in [-0.05, 0) is 85.3 Å².